The fourth-order valence-corrected chi connectivity index (χ4v) is 1.09. The van der Waals surface area contributed by atoms with E-state index in [0.717, 1.165) is 19.4 Å². The topological polar surface area (TPSA) is 45.0 Å². The van der Waals surface area contributed by atoms with E-state index in [1.54, 1.807) is 7.11 Å². The van der Waals surface area contributed by atoms with Gasteiger partial charge in [-0.15, -0.1) is 0 Å². The van der Waals surface area contributed by atoms with Crippen LogP contribution in [0.3, 0.4) is 0 Å². The Hall–Kier alpha value is -0.590. The molecule has 0 fully saturated rings. The van der Waals surface area contributed by atoms with Gasteiger partial charge in [0.2, 0.25) is 0 Å². The molecule has 0 aromatic carbocycles. The highest BCUT2D eigenvalue weighted by molar-refractivity contribution is 5.05. The molecule has 0 saturated heterocycles. The molecule has 70 valence electrons. The molecule has 0 aliphatic rings. The van der Waals surface area contributed by atoms with Crippen LogP contribution >= 0.6 is 0 Å². The Kier molecular flexibility index (Phi) is 5.69. The van der Waals surface area contributed by atoms with Crippen LogP contribution in [0.25, 0.3) is 0 Å². The van der Waals surface area contributed by atoms with E-state index >= 15 is 0 Å². The second kappa shape index (κ2) is 5.99. The molecular formula is C9H18N2O. The SMILES string of the molecule is CCC(C#N)(CC)NCCOC. The summed E-state index contributed by atoms with van der Waals surface area (Å²) in [6.45, 7) is 5.44. The highest BCUT2D eigenvalue weighted by atomic mass is 16.5. The molecule has 0 atom stereocenters. The zero-order chi connectivity index (χ0) is 9.45. The summed E-state index contributed by atoms with van der Waals surface area (Å²) in [6, 6.07) is 2.31. The van der Waals surface area contributed by atoms with Gasteiger partial charge < -0.3 is 4.74 Å². The lowest BCUT2D eigenvalue weighted by Crippen LogP contribution is -2.44. The summed E-state index contributed by atoms with van der Waals surface area (Å²) in [5, 5.41) is 12.1. The van der Waals surface area contributed by atoms with Crippen molar-refractivity contribution in [3.8, 4) is 6.07 Å². The van der Waals surface area contributed by atoms with Crippen LogP contribution < -0.4 is 5.32 Å². The van der Waals surface area contributed by atoms with Gasteiger partial charge in [0.05, 0.1) is 12.7 Å². The van der Waals surface area contributed by atoms with Crippen LogP contribution in [0.5, 0.6) is 0 Å². The van der Waals surface area contributed by atoms with Crippen LogP contribution in [0.2, 0.25) is 0 Å². The molecule has 0 aliphatic heterocycles. The van der Waals surface area contributed by atoms with Gasteiger partial charge in [-0.3, -0.25) is 5.32 Å². The third kappa shape index (κ3) is 3.21. The number of nitriles is 1. The molecular weight excluding hydrogens is 152 g/mol. The normalized spacial score (nSPS) is 11.2. The Labute approximate surface area is 74.7 Å². The molecule has 12 heavy (non-hydrogen) atoms. The van der Waals surface area contributed by atoms with Gasteiger partial charge in [-0.25, -0.2) is 0 Å². The fourth-order valence-electron chi connectivity index (χ4n) is 1.09. The Morgan fingerprint density at radius 2 is 2.00 bits per heavy atom. The molecule has 3 heteroatoms. The number of nitrogens with zero attached hydrogens (tertiary/aromatic N) is 1. The summed E-state index contributed by atoms with van der Waals surface area (Å²) in [5.74, 6) is 0. The molecule has 0 saturated carbocycles. The highest BCUT2D eigenvalue weighted by Crippen LogP contribution is 2.12. The monoisotopic (exact) mass is 170 g/mol. The average molecular weight is 170 g/mol. The number of hydrogen-bond acceptors (Lipinski definition) is 3. The Bertz CT molecular complexity index is 147. The van der Waals surface area contributed by atoms with Gasteiger partial charge in [0.15, 0.2) is 0 Å². The number of nitrogens with one attached hydrogen (secondary N) is 1. The van der Waals surface area contributed by atoms with Crippen molar-refractivity contribution in [3.63, 3.8) is 0 Å². The van der Waals surface area contributed by atoms with Gasteiger partial charge in [-0.05, 0) is 12.8 Å². The molecule has 0 aliphatic carbocycles. The summed E-state index contributed by atoms with van der Waals surface area (Å²) < 4.78 is 4.90. The molecule has 3 nitrogen and oxygen atoms in total. The smallest absolute Gasteiger partial charge is 0.106 e. The molecule has 1 N–H and O–H groups in total. The lowest BCUT2D eigenvalue weighted by molar-refractivity contribution is 0.189. The van der Waals surface area contributed by atoms with Crippen molar-refractivity contribution in [1.29, 1.82) is 5.26 Å². The number of methoxy groups -OCH3 is 1. The second-order valence-electron chi connectivity index (χ2n) is 2.82. The minimum Gasteiger partial charge on any atom is -0.383 e. The van der Waals surface area contributed by atoms with Crippen LogP contribution in [0.15, 0.2) is 0 Å². The number of ether oxygens (including phenoxy) is 1. The van der Waals surface area contributed by atoms with Crippen molar-refractivity contribution in [2.45, 2.75) is 32.2 Å². The number of hydrogen-bond donors (Lipinski definition) is 1. The summed E-state index contributed by atoms with van der Waals surface area (Å²) in [6.07, 6.45) is 1.67. The molecule has 0 aromatic rings. The van der Waals surface area contributed by atoms with Gasteiger partial charge in [0, 0.05) is 13.7 Å². The molecule has 0 unspecified atom stereocenters. The minimum atomic E-state index is -0.349. The Morgan fingerprint density at radius 1 is 1.42 bits per heavy atom. The minimum absolute atomic E-state index is 0.349. The van der Waals surface area contributed by atoms with Gasteiger partial charge in [-0.2, -0.15) is 5.26 Å². The standard InChI is InChI=1S/C9H18N2O/c1-4-9(5-2,8-10)11-6-7-12-3/h11H,4-7H2,1-3H3. The van der Waals surface area contributed by atoms with E-state index in [2.05, 4.69) is 11.4 Å². The zero-order valence-corrected chi connectivity index (χ0v) is 8.18. The predicted octanol–water partition coefficient (Wildman–Crippen LogP) is 1.30. The molecule has 0 spiro atoms. The third-order valence-electron chi connectivity index (χ3n) is 2.19. The summed E-state index contributed by atoms with van der Waals surface area (Å²) in [4.78, 5) is 0. The van der Waals surface area contributed by atoms with Crippen molar-refractivity contribution >= 4 is 0 Å². The maximum Gasteiger partial charge on any atom is 0.106 e. The van der Waals surface area contributed by atoms with Crippen molar-refractivity contribution in [1.82, 2.24) is 5.32 Å². The quantitative estimate of drug-likeness (QED) is 0.611. The first-order chi connectivity index (χ1) is 5.74. The van der Waals surface area contributed by atoms with Crippen LogP contribution in [0, 0.1) is 11.3 Å². The molecule has 0 aromatic heterocycles. The first-order valence-electron chi connectivity index (χ1n) is 4.40. The van der Waals surface area contributed by atoms with Gasteiger partial charge in [0.1, 0.15) is 5.54 Å². The molecule has 0 heterocycles. The maximum absolute atomic E-state index is 8.92. The second-order valence-corrected chi connectivity index (χ2v) is 2.82. The van der Waals surface area contributed by atoms with E-state index < -0.39 is 0 Å². The van der Waals surface area contributed by atoms with E-state index in [-0.39, 0.29) is 5.54 Å². The highest BCUT2D eigenvalue weighted by Gasteiger charge is 2.23. The van der Waals surface area contributed by atoms with Crippen LogP contribution in [-0.4, -0.2) is 25.8 Å². The molecule has 0 rings (SSSR count). The van der Waals surface area contributed by atoms with Crippen LogP contribution in [0.1, 0.15) is 26.7 Å². The van der Waals surface area contributed by atoms with Crippen molar-refractivity contribution in [3.05, 3.63) is 0 Å². The van der Waals surface area contributed by atoms with Crippen molar-refractivity contribution < 1.29 is 4.74 Å². The molecule has 0 amide bonds. The van der Waals surface area contributed by atoms with Gasteiger partial charge in [0.25, 0.3) is 0 Å². The average Bonchev–Trinajstić information content (AvgIpc) is 2.14. The van der Waals surface area contributed by atoms with Crippen molar-refractivity contribution in [2.75, 3.05) is 20.3 Å². The molecule has 0 bridgehead atoms. The number of rotatable bonds is 6. The van der Waals surface area contributed by atoms with Gasteiger partial charge in [-0.1, -0.05) is 13.8 Å². The predicted molar refractivity (Wildman–Crippen MR) is 48.8 cm³/mol. The first-order valence-corrected chi connectivity index (χ1v) is 4.40. The largest absolute Gasteiger partial charge is 0.383 e. The lowest BCUT2D eigenvalue weighted by atomic mass is 9.95. The summed E-state index contributed by atoms with van der Waals surface area (Å²) >= 11 is 0. The molecule has 0 radical (unpaired) electrons. The summed E-state index contributed by atoms with van der Waals surface area (Å²) in [7, 11) is 1.66. The van der Waals surface area contributed by atoms with Gasteiger partial charge >= 0.3 is 0 Å². The van der Waals surface area contributed by atoms with E-state index in [1.165, 1.54) is 0 Å². The lowest BCUT2D eigenvalue weighted by Gasteiger charge is -2.24. The summed E-state index contributed by atoms with van der Waals surface area (Å²) in [5.41, 5.74) is -0.349. The van der Waals surface area contributed by atoms with E-state index in [0.29, 0.717) is 6.61 Å². The first kappa shape index (κ1) is 11.4. The Morgan fingerprint density at radius 3 is 2.33 bits per heavy atom. The third-order valence-corrected chi connectivity index (χ3v) is 2.19. The van der Waals surface area contributed by atoms with E-state index in [4.69, 9.17) is 10.00 Å². The van der Waals surface area contributed by atoms with E-state index in [9.17, 15) is 0 Å². The van der Waals surface area contributed by atoms with Crippen molar-refractivity contribution in [2.24, 2.45) is 0 Å². The zero-order valence-electron chi connectivity index (χ0n) is 8.18. The fraction of sp³-hybridized carbons (Fsp3) is 0.889. The van der Waals surface area contributed by atoms with E-state index in [1.807, 2.05) is 13.8 Å². The van der Waals surface area contributed by atoms with Crippen LogP contribution in [0.4, 0.5) is 0 Å². The maximum atomic E-state index is 8.92. The van der Waals surface area contributed by atoms with Crippen LogP contribution in [-0.2, 0) is 4.74 Å². The Balaban J connectivity index is 3.87.